The molecule has 0 radical (unpaired) electrons. The van der Waals surface area contributed by atoms with Gasteiger partial charge in [0.25, 0.3) is 0 Å². The van der Waals surface area contributed by atoms with Crippen LogP contribution in [-0.2, 0) is 6.18 Å². The molecule has 2 aliphatic rings. The fourth-order valence-corrected chi connectivity index (χ4v) is 7.24. The van der Waals surface area contributed by atoms with Crippen LogP contribution in [0.4, 0.5) is 13.2 Å². The molecule has 0 unspecified atom stereocenters. The lowest BCUT2D eigenvalue weighted by Gasteiger charge is -2.09. The summed E-state index contributed by atoms with van der Waals surface area (Å²) in [4.78, 5) is 19.8. The van der Waals surface area contributed by atoms with Gasteiger partial charge in [0, 0.05) is 22.3 Å². The molecular formula is C44H19F3N8. The van der Waals surface area contributed by atoms with Crippen LogP contribution in [0.2, 0.25) is 0 Å². The zero-order chi connectivity index (χ0) is 38.2. The van der Waals surface area contributed by atoms with Crippen molar-refractivity contribution >= 4 is 33.2 Å². The van der Waals surface area contributed by atoms with Crippen LogP contribution in [0.3, 0.4) is 0 Å². The summed E-state index contributed by atoms with van der Waals surface area (Å²) < 4.78 is 39.7. The summed E-state index contributed by atoms with van der Waals surface area (Å²) in [6.45, 7) is 2.01. The lowest BCUT2D eigenvalue weighted by Crippen LogP contribution is -2.03. The standard InChI is InChI=1S/C44H19F3N8/c1-22-2-4-23(5-3-22)25-8-12-30-32(14-25)38(27(18-48)19-49)42-40(30)52-34-16-35-37(17-36(34)54-42)55-43-39(28(20-50)21-51)33-15-26(9-13-31(33)41(43)53-35)24-6-10-29(11-7-24)44(45,46)47/h2-17H,1H3. The van der Waals surface area contributed by atoms with Gasteiger partial charge >= 0.3 is 6.18 Å². The number of nitriles is 4. The van der Waals surface area contributed by atoms with E-state index in [0.29, 0.717) is 78.2 Å². The van der Waals surface area contributed by atoms with Crippen molar-refractivity contribution in [3.05, 3.63) is 142 Å². The molecule has 0 N–H and O–H groups in total. The second-order valence-electron chi connectivity index (χ2n) is 13.1. The molecule has 55 heavy (non-hydrogen) atoms. The quantitative estimate of drug-likeness (QED) is 0.127. The van der Waals surface area contributed by atoms with Gasteiger partial charge < -0.3 is 0 Å². The Kier molecular flexibility index (Phi) is 7.20. The van der Waals surface area contributed by atoms with Crippen molar-refractivity contribution < 1.29 is 13.2 Å². The summed E-state index contributed by atoms with van der Waals surface area (Å²) in [6, 6.07) is 35.3. The van der Waals surface area contributed by atoms with Gasteiger partial charge in [0.1, 0.15) is 35.4 Å². The maximum absolute atomic E-state index is 13.2. The summed E-state index contributed by atoms with van der Waals surface area (Å²) in [5.74, 6) is 0. The van der Waals surface area contributed by atoms with Crippen LogP contribution in [0, 0.1) is 52.2 Å². The average Bonchev–Trinajstić information content (AvgIpc) is 3.67. The molecule has 0 aliphatic heterocycles. The molecule has 2 heterocycles. The zero-order valence-corrected chi connectivity index (χ0v) is 28.4. The third-order valence-electron chi connectivity index (χ3n) is 9.89. The molecule has 9 rings (SSSR count). The molecule has 8 nitrogen and oxygen atoms in total. The van der Waals surface area contributed by atoms with Crippen molar-refractivity contribution in [1.82, 2.24) is 19.9 Å². The van der Waals surface area contributed by atoms with Crippen LogP contribution in [-0.4, -0.2) is 19.9 Å². The topological polar surface area (TPSA) is 147 Å². The largest absolute Gasteiger partial charge is 0.416 e. The lowest BCUT2D eigenvalue weighted by atomic mass is 9.96. The van der Waals surface area contributed by atoms with E-state index in [1.54, 1.807) is 30.3 Å². The summed E-state index contributed by atoms with van der Waals surface area (Å²) >= 11 is 0. The molecule has 256 valence electrons. The van der Waals surface area contributed by atoms with Crippen molar-refractivity contribution in [2.24, 2.45) is 0 Å². The highest BCUT2D eigenvalue weighted by Crippen LogP contribution is 2.48. The number of alkyl halides is 3. The first kappa shape index (κ1) is 32.9. The first-order valence-corrected chi connectivity index (χ1v) is 16.8. The molecule has 0 spiro atoms. The van der Waals surface area contributed by atoms with Gasteiger partial charge in [-0.25, -0.2) is 19.9 Å². The summed E-state index contributed by atoms with van der Waals surface area (Å²) in [7, 11) is 0. The maximum atomic E-state index is 13.2. The zero-order valence-electron chi connectivity index (χ0n) is 28.4. The molecule has 0 atom stereocenters. The van der Waals surface area contributed by atoms with E-state index in [-0.39, 0.29) is 16.7 Å². The Balaban J connectivity index is 1.21. The Hall–Kier alpha value is -7.99. The Bertz CT molecular complexity index is 3080. The second-order valence-corrected chi connectivity index (χ2v) is 13.1. The molecule has 2 aromatic heterocycles. The fraction of sp³-hybridized carbons (Fsp3) is 0.0455. The van der Waals surface area contributed by atoms with Crippen LogP contribution in [0.5, 0.6) is 0 Å². The highest BCUT2D eigenvalue weighted by molar-refractivity contribution is 6.07. The van der Waals surface area contributed by atoms with E-state index in [9.17, 15) is 34.2 Å². The molecule has 11 heteroatoms. The van der Waals surface area contributed by atoms with Gasteiger partial charge in [-0.2, -0.15) is 34.2 Å². The molecule has 0 saturated carbocycles. The average molecular weight is 717 g/mol. The summed E-state index contributed by atoms with van der Waals surface area (Å²) in [5.41, 5.74) is 9.57. The second kappa shape index (κ2) is 12.0. The van der Waals surface area contributed by atoms with E-state index in [1.165, 1.54) is 12.1 Å². The van der Waals surface area contributed by atoms with Gasteiger partial charge in [-0.05, 0) is 76.7 Å². The molecule has 0 fully saturated rings. The van der Waals surface area contributed by atoms with Gasteiger partial charge in [0.05, 0.1) is 50.4 Å². The Morgan fingerprint density at radius 2 is 0.818 bits per heavy atom. The third kappa shape index (κ3) is 5.11. The van der Waals surface area contributed by atoms with Gasteiger partial charge in [-0.3, -0.25) is 0 Å². The maximum Gasteiger partial charge on any atom is 0.416 e. The number of aromatic nitrogens is 4. The number of fused-ring (bicyclic) bond motifs is 8. The number of allylic oxidation sites excluding steroid dienone is 2. The van der Waals surface area contributed by atoms with E-state index in [4.69, 9.17) is 19.9 Å². The normalized spacial score (nSPS) is 12.2. The predicted molar refractivity (Wildman–Crippen MR) is 199 cm³/mol. The number of hydrogen-bond acceptors (Lipinski definition) is 8. The van der Waals surface area contributed by atoms with E-state index >= 15 is 0 Å². The highest BCUT2D eigenvalue weighted by Gasteiger charge is 2.33. The minimum Gasteiger partial charge on any atom is -0.244 e. The van der Waals surface area contributed by atoms with Crippen molar-refractivity contribution in [3.8, 4) is 69.0 Å². The van der Waals surface area contributed by atoms with Crippen molar-refractivity contribution in [3.63, 3.8) is 0 Å². The Labute approximate surface area is 310 Å². The van der Waals surface area contributed by atoms with E-state index < -0.39 is 11.7 Å². The van der Waals surface area contributed by atoms with Gasteiger partial charge in [-0.1, -0.05) is 66.2 Å². The smallest absolute Gasteiger partial charge is 0.244 e. The number of aryl methyl sites for hydroxylation is 1. The van der Waals surface area contributed by atoms with Gasteiger partial charge in [-0.15, -0.1) is 0 Å². The van der Waals surface area contributed by atoms with Gasteiger partial charge in [0.2, 0.25) is 0 Å². The first-order chi connectivity index (χ1) is 26.6. The molecule has 0 bridgehead atoms. The molecule has 2 aliphatic carbocycles. The number of benzene rings is 5. The Morgan fingerprint density at radius 3 is 1.20 bits per heavy atom. The van der Waals surface area contributed by atoms with Crippen molar-refractivity contribution in [1.29, 1.82) is 21.0 Å². The van der Waals surface area contributed by atoms with Crippen LogP contribution < -0.4 is 0 Å². The minimum absolute atomic E-state index is 0.100. The lowest BCUT2D eigenvalue weighted by molar-refractivity contribution is -0.137. The fourth-order valence-electron chi connectivity index (χ4n) is 7.24. The van der Waals surface area contributed by atoms with Crippen LogP contribution >= 0.6 is 0 Å². The van der Waals surface area contributed by atoms with Crippen LogP contribution in [0.25, 0.3) is 78.0 Å². The first-order valence-electron chi connectivity index (χ1n) is 16.8. The summed E-state index contributed by atoms with van der Waals surface area (Å²) in [6.07, 6.45) is -4.48. The molecule has 0 saturated heterocycles. The number of hydrogen-bond donors (Lipinski definition) is 0. The molecule has 0 amide bonds. The molecular weight excluding hydrogens is 698 g/mol. The van der Waals surface area contributed by atoms with Crippen molar-refractivity contribution in [2.75, 3.05) is 0 Å². The molecule has 7 aromatic rings. The van der Waals surface area contributed by atoms with Crippen molar-refractivity contribution in [2.45, 2.75) is 13.1 Å². The third-order valence-corrected chi connectivity index (χ3v) is 9.89. The van der Waals surface area contributed by atoms with E-state index in [1.807, 2.05) is 73.7 Å². The number of rotatable bonds is 2. The monoisotopic (exact) mass is 716 g/mol. The van der Waals surface area contributed by atoms with Crippen LogP contribution in [0.15, 0.2) is 108 Å². The Morgan fingerprint density at radius 1 is 0.455 bits per heavy atom. The summed E-state index contributed by atoms with van der Waals surface area (Å²) in [5, 5.41) is 40.0. The highest BCUT2D eigenvalue weighted by atomic mass is 19.4. The number of halogens is 3. The minimum atomic E-state index is -4.48. The molecule has 5 aromatic carbocycles. The number of nitrogens with zero attached hydrogens (tertiary/aromatic N) is 8. The van der Waals surface area contributed by atoms with Gasteiger partial charge in [0.15, 0.2) is 0 Å². The predicted octanol–water partition coefficient (Wildman–Crippen LogP) is 9.89. The van der Waals surface area contributed by atoms with E-state index in [0.717, 1.165) is 34.4 Å². The SMILES string of the molecule is Cc1ccc(-c2ccc3c(c2)C(=C(C#N)C#N)c2nc4cc5nc6c(nc5cc4nc2-3)-c2ccc(-c3ccc(C(F)(F)F)cc3)cc2C6=C(C#N)C#N)cc1. The van der Waals surface area contributed by atoms with Crippen LogP contribution in [0.1, 0.15) is 33.6 Å². The van der Waals surface area contributed by atoms with E-state index in [2.05, 4.69) is 0 Å².